The van der Waals surface area contributed by atoms with Gasteiger partial charge in [-0.2, -0.15) is 13.2 Å². The van der Waals surface area contributed by atoms with Crippen molar-refractivity contribution in [1.29, 1.82) is 0 Å². The molecule has 0 aromatic carbocycles. The van der Waals surface area contributed by atoms with Gasteiger partial charge in [-0.15, -0.1) is 0 Å². The van der Waals surface area contributed by atoms with Crippen LogP contribution < -0.4 is 0 Å². The van der Waals surface area contributed by atoms with Gasteiger partial charge in [-0.05, 0) is 13.3 Å². The molecule has 12 heavy (non-hydrogen) atoms. The van der Waals surface area contributed by atoms with Crippen molar-refractivity contribution in [2.24, 2.45) is 0 Å². The first-order valence-corrected chi connectivity index (χ1v) is 3.77. The minimum absolute atomic E-state index is 0.0203. The van der Waals surface area contributed by atoms with Gasteiger partial charge in [0.15, 0.2) is 0 Å². The molecule has 0 aliphatic carbocycles. The Balaban J connectivity index is 2.64. The summed E-state index contributed by atoms with van der Waals surface area (Å²) in [5.41, 5.74) is 0. The van der Waals surface area contributed by atoms with Crippen LogP contribution in [0.3, 0.4) is 0 Å². The Kier molecular flexibility index (Phi) is 2.35. The third kappa shape index (κ3) is 1.56. The van der Waals surface area contributed by atoms with E-state index in [2.05, 4.69) is 4.74 Å². The maximum atomic E-state index is 12.2. The van der Waals surface area contributed by atoms with Crippen molar-refractivity contribution in [2.45, 2.75) is 38.3 Å². The van der Waals surface area contributed by atoms with Crippen LogP contribution in [0.5, 0.6) is 0 Å². The van der Waals surface area contributed by atoms with E-state index in [4.69, 9.17) is 4.74 Å². The van der Waals surface area contributed by atoms with E-state index in [-0.39, 0.29) is 6.61 Å². The predicted octanol–water partition coefficient (Wildman–Crippen LogP) is 2.09. The molecule has 0 spiro atoms. The van der Waals surface area contributed by atoms with Crippen LogP contribution in [0.2, 0.25) is 0 Å². The second-order valence-electron chi connectivity index (χ2n) is 2.90. The minimum atomic E-state index is -4.45. The highest BCUT2D eigenvalue weighted by atomic mass is 19.4. The summed E-state index contributed by atoms with van der Waals surface area (Å²) in [6.07, 6.45) is -4.35. The zero-order valence-corrected chi connectivity index (χ0v) is 6.94. The summed E-state index contributed by atoms with van der Waals surface area (Å²) in [5, 5.41) is 0. The average Bonchev–Trinajstić information content (AvgIpc) is 2.31. The van der Waals surface area contributed by atoms with E-state index in [9.17, 15) is 13.2 Å². The van der Waals surface area contributed by atoms with Crippen molar-refractivity contribution < 1.29 is 22.6 Å². The minimum Gasteiger partial charge on any atom is -0.340 e. The van der Waals surface area contributed by atoms with E-state index in [1.807, 2.05) is 0 Å². The van der Waals surface area contributed by atoms with Crippen LogP contribution in [0, 0.1) is 0 Å². The summed E-state index contributed by atoms with van der Waals surface area (Å²) < 4.78 is 45.9. The van der Waals surface area contributed by atoms with Crippen LogP contribution in [-0.4, -0.2) is 24.7 Å². The molecule has 0 radical (unpaired) electrons. The smallest absolute Gasteiger partial charge is 0.340 e. The zero-order chi connectivity index (χ0) is 9.41. The third-order valence-electron chi connectivity index (χ3n) is 1.91. The van der Waals surface area contributed by atoms with Gasteiger partial charge in [0.25, 0.3) is 5.79 Å². The van der Waals surface area contributed by atoms with E-state index in [1.165, 1.54) is 0 Å². The molecule has 0 aromatic rings. The van der Waals surface area contributed by atoms with Crippen LogP contribution in [0.4, 0.5) is 13.2 Å². The van der Waals surface area contributed by atoms with Crippen LogP contribution in [0.1, 0.15) is 20.3 Å². The highest BCUT2D eigenvalue weighted by Crippen LogP contribution is 2.39. The van der Waals surface area contributed by atoms with Crippen LogP contribution >= 0.6 is 0 Å². The fourth-order valence-corrected chi connectivity index (χ4v) is 0.988. The summed E-state index contributed by atoms with van der Waals surface area (Å²) in [7, 11) is 0. The molecule has 2 nitrogen and oxygen atoms in total. The molecule has 1 unspecified atom stereocenters. The molecule has 0 aromatic heterocycles. The number of hydrogen-bond donors (Lipinski definition) is 0. The first-order valence-electron chi connectivity index (χ1n) is 3.77. The summed E-state index contributed by atoms with van der Waals surface area (Å²) >= 11 is 0. The fourth-order valence-electron chi connectivity index (χ4n) is 0.988. The topological polar surface area (TPSA) is 18.5 Å². The molecule has 0 bridgehead atoms. The summed E-state index contributed by atoms with van der Waals surface area (Å²) in [6, 6.07) is 0. The van der Waals surface area contributed by atoms with E-state index >= 15 is 0 Å². The van der Waals surface area contributed by atoms with Gasteiger partial charge in [-0.25, -0.2) is 0 Å². The summed E-state index contributed by atoms with van der Waals surface area (Å²) in [5.74, 6) is -2.40. The van der Waals surface area contributed by atoms with E-state index < -0.39 is 18.1 Å². The van der Waals surface area contributed by atoms with Crippen molar-refractivity contribution in [3.8, 4) is 0 Å². The number of alkyl halides is 3. The van der Waals surface area contributed by atoms with Crippen LogP contribution in [-0.2, 0) is 9.47 Å². The molecule has 5 heteroatoms. The van der Waals surface area contributed by atoms with Crippen molar-refractivity contribution in [1.82, 2.24) is 0 Å². The van der Waals surface area contributed by atoms with Gasteiger partial charge in [0.05, 0.1) is 12.7 Å². The lowest BCUT2D eigenvalue weighted by molar-refractivity contribution is -0.339. The SMILES string of the molecule is CC[C@@H]1COC(C)(C(F)(F)F)O1. The molecule has 1 aliphatic rings. The van der Waals surface area contributed by atoms with E-state index in [0.29, 0.717) is 6.42 Å². The number of ether oxygens (including phenoxy) is 2. The fraction of sp³-hybridized carbons (Fsp3) is 1.00. The first-order chi connectivity index (χ1) is 5.39. The van der Waals surface area contributed by atoms with Gasteiger partial charge < -0.3 is 9.47 Å². The number of hydrogen-bond acceptors (Lipinski definition) is 2. The molecular weight excluding hydrogens is 173 g/mol. The molecule has 0 N–H and O–H groups in total. The molecule has 1 rings (SSSR count). The summed E-state index contributed by atoms with van der Waals surface area (Å²) in [4.78, 5) is 0. The third-order valence-corrected chi connectivity index (χ3v) is 1.91. The van der Waals surface area contributed by atoms with Gasteiger partial charge in [0.2, 0.25) is 0 Å². The number of halogens is 3. The highest BCUT2D eigenvalue weighted by molar-refractivity contribution is 4.80. The van der Waals surface area contributed by atoms with Crippen molar-refractivity contribution in [3.05, 3.63) is 0 Å². The Bertz CT molecular complexity index is 169. The van der Waals surface area contributed by atoms with Gasteiger partial charge in [0, 0.05) is 0 Å². The Labute approximate surface area is 68.6 Å². The molecule has 2 atom stereocenters. The molecule has 1 aliphatic heterocycles. The highest BCUT2D eigenvalue weighted by Gasteiger charge is 2.58. The van der Waals surface area contributed by atoms with Crippen molar-refractivity contribution in [2.75, 3.05) is 6.61 Å². The quantitative estimate of drug-likeness (QED) is 0.621. The lowest BCUT2D eigenvalue weighted by Crippen LogP contribution is -2.43. The lowest BCUT2D eigenvalue weighted by atomic mass is 10.3. The largest absolute Gasteiger partial charge is 0.442 e. The average molecular weight is 184 g/mol. The van der Waals surface area contributed by atoms with Crippen molar-refractivity contribution >= 4 is 0 Å². The van der Waals surface area contributed by atoms with Crippen molar-refractivity contribution in [3.63, 3.8) is 0 Å². The van der Waals surface area contributed by atoms with Gasteiger partial charge in [0.1, 0.15) is 0 Å². The molecule has 0 saturated carbocycles. The Hall–Kier alpha value is -0.290. The first kappa shape index (κ1) is 9.80. The Morgan fingerprint density at radius 3 is 2.33 bits per heavy atom. The van der Waals surface area contributed by atoms with E-state index in [1.54, 1.807) is 6.92 Å². The number of rotatable bonds is 1. The molecule has 1 fully saturated rings. The maximum absolute atomic E-state index is 12.2. The zero-order valence-electron chi connectivity index (χ0n) is 6.94. The van der Waals surface area contributed by atoms with Crippen LogP contribution in [0.25, 0.3) is 0 Å². The van der Waals surface area contributed by atoms with E-state index in [0.717, 1.165) is 6.92 Å². The molecule has 1 heterocycles. The molecule has 0 amide bonds. The van der Waals surface area contributed by atoms with Gasteiger partial charge >= 0.3 is 6.18 Å². The molecule has 1 saturated heterocycles. The van der Waals surface area contributed by atoms with Gasteiger partial charge in [-0.1, -0.05) is 6.92 Å². The normalized spacial score (nSPS) is 37.2. The molecular formula is C7H11F3O2. The Morgan fingerprint density at radius 2 is 2.08 bits per heavy atom. The molecule has 72 valence electrons. The Morgan fingerprint density at radius 1 is 1.50 bits per heavy atom. The lowest BCUT2D eigenvalue weighted by Gasteiger charge is -2.25. The predicted molar refractivity (Wildman–Crippen MR) is 35.6 cm³/mol. The van der Waals surface area contributed by atoms with Gasteiger partial charge in [-0.3, -0.25) is 0 Å². The standard InChI is InChI=1S/C7H11F3O2/c1-3-5-4-11-6(2,12-5)7(8,9)10/h5H,3-4H2,1-2H3/t5-,6?/m1/s1. The second kappa shape index (κ2) is 2.88. The summed E-state index contributed by atoms with van der Waals surface area (Å²) in [6.45, 7) is 2.69. The maximum Gasteiger partial charge on any atom is 0.442 e. The van der Waals surface area contributed by atoms with Crippen LogP contribution in [0.15, 0.2) is 0 Å². The second-order valence-corrected chi connectivity index (χ2v) is 2.90. The monoisotopic (exact) mass is 184 g/mol.